The molecule has 0 aliphatic carbocycles. The van der Waals surface area contributed by atoms with Crippen molar-refractivity contribution in [1.29, 1.82) is 0 Å². The van der Waals surface area contributed by atoms with E-state index in [1.807, 2.05) is 35.6 Å². The molecule has 0 atom stereocenters. The molecule has 2 rings (SSSR count). The summed E-state index contributed by atoms with van der Waals surface area (Å²) in [6.07, 6.45) is 0.349. The van der Waals surface area contributed by atoms with Gasteiger partial charge in [0, 0.05) is 18.1 Å². The molecule has 0 aliphatic heterocycles. The van der Waals surface area contributed by atoms with Gasteiger partial charge < -0.3 is 17.7 Å². The second-order valence-corrected chi connectivity index (χ2v) is 4.45. The molecule has 0 spiro atoms. The summed E-state index contributed by atoms with van der Waals surface area (Å²) in [5.41, 5.74) is 1.18. The Bertz CT molecular complexity index is 641. The molecule has 21 heavy (non-hydrogen) atoms. The Morgan fingerprint density at radius 2 is 1.90 bits per heavy atom. The summed E-state index contributed by atoms with van der Waals surface area (Å²) < 4.78 is 0. The molecule has 2 aromatic rings. The van der Waals surface area contributed by atoms with Gasteiger partial charge in [0.2, 0.25) is 11.7 Å². The predicted molar refractivity (Wildman–Crippen MR) is 77.7 cm³/mol. The topological polar surface area (TPSA) is 78.6 Å². The number of pyridine rings is 1. The lowest BCUT2D eigenvalue weighted by Crippen LogP contribution is -3.00. The number of quaternary nitrogens is 1. The number of halogens is 1. The van der Waals surface area contributed by atoms with E-state index in [-0.39, 0.29) is 29.6 Å². The van der Waals surface area contributed by atoms with Crippen LogP contribution in [-0.4, -0.2) is 10.9 Å². The van der Waals surface area contributed by atoms with Crippen LogP contribution in [-0.2, 0) is 11.3 Å². The number of benzene rings is 1. The quantitative estimate of drug-likeness (QED) is 0.605. The Morgan fingerprint density at radius 3 is 2.52 bits per heavy atom. The lowest BCUT2D eigenvalue weighted by atomic mass is 10.2. The second kappa shape index (κ2) is 8.24. The maximum atomic E-state index is 11.8. The first-order valence-corrected chi connectivity index (χ1v) is 6.59. The molecule has 1 aromatic heterocycles. The molecule has 0 fully saturated rings. The summed E-state index contributed by atoms with van der Waals surface area (Å²) in [6.45, 7) is 2.49. The van der Waals surface area contributed by atoms with Crippen LogP contribution < -0.4 is 28.6 Å². The van der Waals surface area contributed by atoms with Gasteiger partial charge >= 0.3 is 0 Å². The molecule has 1 amide bonds. The van der Waals surface area contributed by atoms with E-state index < -0.39 is 0 Å². The van der Waals surface area contributed by atoms with Crippen LogP contribution in [0.5, 0.6) is 0 Å². The summed E-state index contributed by atoms with van der Waals surface area (Å²) in [5, 5.41) is 4.51. The number of amides is 1. The zero-order valence-electron chi connectivity index (χ0n) is 11.7. The van der Waals surface area contributed by atoms with E-state index in [0.29, 0.717) is 6.42 Å². The van der Waals surface area contributed by atoms with E-state index in [1.54, 1.807) is 19.1 Å². The molecule has 5 nitrogen and oxygen atoms in total. The molecule has 1 heterocycles. The molecule has 0 saturated carbocycles. The molecule has 6 heteroatoms. The summed E-state index contributed by atoms with van der Waals surface area (Å²) in [5.74, 6) is 0.574. The third-order valence-electron chi connectivity index (χ3n) is 2.93. The lowest BCUT2D eigenvalue weighted by Gasteiger charge is -2.04. The number of anilines is 1. The second-order valence-electron chi connectivity index (χ2n) is 4.45. The van der Waals surface area contributed by atoms with Crippen LogP contribution in [0.15, 0.2) is 47.3 Å². The average molecular weight is 308 g/mol. The normalized spacial score (nSPS) is 9.76. The number of carbonyl (C=O) groups is 1. The first-order chi connectivity index (χ1) is 9.69. The molecule has 0 unspecified atom stereocenters. The van der Waals surface area contributed by atoms with Crippen molar-refractivity contribution in [1.82, 2.24) is 4.98 Å². The smallest absolute Gasteiger partial charge is 0.276 e. The van der Waals surface area contributed by atoms with Gasteiger partial charge in [-0.3, -0.25) is 19.9 Å². The summed E-state index contributed by atoms with van der Waals surface area (Å²) in [4.78, 5) is 25.8. The van der Waals surface area contributed by atoms with Gasteiger partial charge in [-0.2, -0.15) is 0 Å². The van der Waals surface area contributed by atoms with Gasteiger partial charge in [0.25, 0.3) is 5.56 Å². The van der Waals surface area contributed by atoms with Crippen LogP contribution in [0.3, 0.4) is 0 Å². The third-order valence-corrected chi connectivity index (χ3v) is 2.93. The molecule has 112 valence electrons. The third kappa shape index (κ3) is 5.06. The lowest BCUT2D eigenvalue weighted by molar-refractivity contribution is -0.592. The number of H-pyrrole nitrogens is 1. The fourth-order valence-electron chi connectivity index (χ4n) is 1.79. The van der Waals surface area contributed by atoms with Gasteiger partial charge in [0.05, 0.1) is 0 Å². The number of aromatic amines is 1. The number of aromatic nitrogens is 1. The number of hydrogen-bond acceptors (Lipinski definition) is 2. The Hall–Kier alpha value is -2.11. The fraction of sp³-hybridized carbons (Fsp3) is 0.200. The van der Waals surface area contributed by atoms with Gasteiger partial charge in [-0.1, -0.05) is 37.3 Å². The van der Waals surface area contributed by atoms with E-state index in [2.05, 4.69) is 10.3 Å². The van der Waals surface area contributed by atoms with E-state index in [9.17, 15) is 9.59 Å². The van der Waals surface area contributed by atoms with Crippen molar-refractivity contribution in [3.63, 3.8) is 0 Å². The minimum atomic E-state index is -0.284. The molecular formula is C15H18ClN3O2. The predicted octanol–water partition coefficient (Wildman–Crippen LogP) is -1.88. The van der Waals surface area contributed by atoms with Crippen molar-refractivity contribution < 1.29 is 22.5 Å². The first kappa shape index (κ1) is 16.9. The maximum Gasteiger partial charge on any atom is 0.276 e. The van der Waals surface area contributed by atoms with Crippen LogP contribution in [0.25, 0.3) is 0 Å². The zero-order valence-corrected chi connectivity index (χ0v) is 12.5. The summed E-state index contributed by atoms with van der Waals surface area (Å²) in [6, 6.07) is 13.4. The Kier molecular flexibility index (Phi) is 6.65. The molecule has 1 aromatic carbocycles. The Balaban J connectivity index is 0.00000220. The fourth-order valence-corrected chi connectivity index (χ4v) is 1.79. The number of nitrogens with one attached hydrogen (secondary N) is 2. The van der Waals surface area contributed by atoms with Crippen molar-refractivity contribution in [2.24, 2.45) is 0 Å². The maximum absolute atomic E-state index is 11.8. The van der Waals surface area contributed by atoms with Gasteiger partial charge in [-0.05, 0) is 6.07 Å². The highest BCUT2D eigenvalue weighted by molar-refractivity contribution is 5.90. The van der Waals surface area contributed by atoms with Gasteiger partial charge in [0.15, 0.2) is 0 Å². The zero-order chi connectivity index (χ0) is 14.4. The summed E-state index contributed by atoms with van der Waals surface area (Å²) >= 11 is 0. The highest BCUT2D eigenvalue weighted by Crippen LogP contribution is 2.02. The van der Waals surface area contributed by atoms with E-state index >= 15 is 0 Å². The minimum Gasteiger partial charge on any atom is -1.00 e. The minimum absolute atomic E-state index is 0. The Labute approximate surface area is 129 Å². The van der Waals surface area contributed by atoms with Crippen molar-refractivity contribution in [3.8, 4) is 0 Å². The molecule has 0 radical (unpaired) electrons. The van der Waals surface area contributed by atoms with E-state index in [1.165, 1.54) is 5.56 Å². The van der Waals surface area contributed by atoms with Crippen LogP contribution in [0.4, 0.5) is 11.5 Å². The van der Waals surface area contributed by atoms with Crippen LogP contribution in [0.2, 0.25) is 0 Å². The van der Waals surface area contributed by atoms with E-state index in [4.69, 9.17) is 0 Å². The number of nitrogens with two attached hydrogens (primary N) is 1. The highest BCUT2D eigenvalue weighted by Gasteiger charge is 2.06. The molecule has 4 N–H and O–H groups in total. The van der Waals surface area contributed by atoms with E-state index in [0.717, 1.165) is 12.4 Å². The van der Waals surface area contributed by atoms with Gasteiger partial charge in [0.1, 0.15) is 12.2 Å². The molecule has 0 bridgehead atoms. The standard InChI is InChI=1S/C15H17N3O2.ClH/c1-2-14(19)17-12-8-9-13(18-15(12)20)16-10-11-6-4-3-5-7-11;/h3-9H,2,10H2,1H3,(H,17,19)(H2,16,18,20);1H. The largest absolute Gasteiger partial charge is 1.00 e. The number of rotatable bonds is 5. The SMILES string of the molecule is CCC(=O)Nc1ccc([NH2+]Cc2ccccc2)[nH]c1=O.[Cl-]. The van der Waals surface area contributed by atoms with Crippen LogP contribution in [0.1, 0.15) is 18.9 Å². The highest BCUT2D eigenvalue weighted by atomic mass is 35.5. The van der Waals surface area contributed by atoms with Crippen molar-refractivity contribution in [2.45, 2.75) is 19.9 Å². The van der Waals surface area contributed by atoms with Crippen LogP contribution >= 0.6 is 0 Å². The summed E-state index contributed by atoms with van der Waals surface area (Å²) in [7, 11) is 0. The van der Waals surface area contributed by atoms with Crippen molar-refractivity contribution in [2.75, 3.05) is 5.32 Å². The number of carbonyl (C=O) groups excluding carboxylic acids is 1. The Morgan fingerprint density at radius 1 is 1.19 bits per heavy atom. The van der Waals surface area contributed by atoms with Crippen molar-refractivity contribution in [3.05, 3.63) is 58.4 Å². The first-order valence-electron chi connectivity index (χ1n) is 6.59. The van der Waals surface area contributed by atoms with Gasteiger partial charge in [-0.25, -0.2) is 0 Å². The number of hydrogen-bond donors (Lipinski definition) is 3. The van der Waals surface area contributed by atoms with Gasteiger partial charge in [-0.15, -0.1) is 0 Å². The molecule has 0 aliphatic rings. The molecule has 0 saturated heterocycles. The van der Waals surface area contributed by atoms with Crippen molar-refractivity contribution >= 4 is 17.4 Å². The average Bonchev–Trinajstić information content (AvgIpc) is 2.48. The van der Waals surface area contributed by atoms with Crippen LogP contribution in [0, 0.1) is 0 Å². The molecular weight excluding hydrogens is 290 g/mol. The monoisotopic (exact) mass is 307 g/mol.